The molecule has 1 aliphatic rings. The summed E-state index contributed by atoms with van der Waals surface area (Å²) in [5.74, 6) is -1.62. The van der Waals surface area contributed by atoms with Gasteiger partial charge in [-0.3, -0.25) is 30.2 Å². The molecule has 1 atom stereocenters. The Morgan fingerprint density at radius 3 is 2.00 bits per heavy atom. The van der Waals surface area contributed by atoms with E-state index in [1.807, 2.05) is 12.1 Å². The lowest BCUT2D eigenvalue weighted by Gasteiger charge is -2.31. The first-order chi connectivity index (χ1) is 18.0. The maximum atomic E-state index is 13.5. The fraction of sp³-hybridized carbons (Fsp3) is 0.0714. The Kier molecular flexibility index (Phi) is 6.25. The average molecular weight is 494 g/mol. The van der Waals surface area contributed by atoms with Crippen molar-refractivity contribution >= 4 is 17.6 Å². The monoisotopic (exact) mass is 493 g/mol. The van der Waals surface area contributed by atoms with Crippen LogP contribution in [-0.2, 0) is 4.79 Å². The van der Waals surface area contributed by atoms with Crippen LogP contribution in [0.4, 0.5) is 5.82 Å². The molecular weight excluding hydrogens is 470 g/mol. The highest BCUT2D eigenvalue weighted by Crippen LogP contribution is 2.39. The number of fused-ring (bicyclic) bond motifs is 1. The summed E-state index contributed by atoms with van der Waals surface area (Å²) in [6.07, 6.45) is 0. The average Bonchev–Trinajstić information content (AvgIpc) is 2.92. The number of carbonyl (C=O) groups is 2. The summed E-state index contributed by atoms with van der Waals surface area (Å²) in [6, 6.07) is 26.4. The van der Waals surface area contributed by atoms with E-state index in [2.05, 4.69) is 21.2 Å². The van der Waals surface area contributed by atoms with Gasteiger partial charge in [0.1, 0.15) is 5.82 Å². The van der Waals surface area contributed by atoms with Crippen LogP contribution >= 0.6 is 0 Å². The van der Waals surface area contributed by atoms with Crippen molar-refractivity contribution in [3.8, 4) is 5.69 Å². The first kappa shape index (κ1) is 23.6. The molecule has 9 heteroatoms. The zero-order valence-corrected chi connectivity index (χ0v) is 19.8. The van der Waals surface area contributed by atoms with E-state index in [-0.39, 0.29) is 17.0 Å². The highest BCUT2D eigenvalue weighted by molar-refractivity contribution is 6.01. The van der Waals surface area contributed by atoms with Crippen molar-refractivity contribution in [2.75, 3.05) is 5.32 Å². The number of anilines is 1. The summed E-state index contributed by atoms with van der Waals surface area (Å²) in [5.41, 5.74) is 6.16. The predicted octanol–water partition coefficient (Wildman–Crippen LogP) is 2.82. The predicted molar refractivity (Wildman–Crippen MR) is 139 cm³/mol. The number of nitrogens with zero attached hydrogens (tertiary/aromatic N) is 1. The number of amides is 2. The number of allylic oxidation sites excluding steroid dienone is 1. The fourth-order valence-electron chi connectivity index (χ4n) is 4.49. The molecular formula is C28H23N5O4. The fourth-order valence-corrected chi connectivity index (χ4v) is 4.49. The summed E-state index contributed by atoms with van der Waals surface area (Å²) < 4.78 is 1.38. The van der Waals surface area contributed by atoms with Gasteiger partial charge in [-0.25, -0.2) is 9.36 Å². The Hall–Kier alpha value is -5.18. The Balaban J connectivity index is 1.61. The normalized spacial score (nSPS) is 14.4. The molecule has 5 rings (SSSR count). The number of hydrogen-bond acceptors (Lipinski definition) is 5. The van der Waals surface area contributed by atoms with Crippen LogP contribution in [0.1, 0.15) is 34.3 Å². The van der Waals surface area contributed by atoms with Gasteiger partial charge in [0.25, 0.3) is 17.4 Å². The quantitative estimate of drug-likeness (QED) is 0.326. The van der Waals surface area contributed by atoms with Gasteiger partial charge in [-0.1, -0.05) is 66.7 Å². The first-order valence-electron chi connectivity index (χ1n) is 11.6. The van der Waals surface area contributed by atoms with Crippen LogP contribution in [0.25, 0.3) is 5.69 Å². The van der Waals surface area contributed by atoms with Gasteiger partial charge in [-0.2, -0.15) is 0 Å². The molecule has 1 unspecified atom stereocenters. The summed E-state index contributed by atoms with van der Waals surface area (Å²) in [6.45, 7) is 1.69. The van der Waals surface area contributed by atoms with E-state index in [1.54, 1.807) is 85.8 Å². The number of aromatic nitrogens is 2. The molecule has 0 spiro atoms. The second-order valence-electron chi connectivity index (χ2n) is 8.47. The molecule has 4 aromatic rings. The number of aromatic amines is 1. The third-order valence-corrected chi connectivity index (χ3v) is 6.15. The number of benzene rings is 3. The maximum absolute atomic E-state index is 13.5. The third-order valence-electron chi connectivity index (χ3n) is 6.15. The molecule has 2 heterocycles. The van der Waals surface area contributed by atoms with Crippen molar-refractivity contribution in [3.63, 3.8) is 0 Å². The van der Waals surface area contributed by atoms with E-state index >= 15 is 0 Å². The number of hydrazine groups is 1. The van der Waals surface area contributed by atoms with Crippen LogP contribution in [0.15, 0.2) is 112 Å². The van der Waals surface area contributed by atoms with Gasteiger partial charge in [0, 0.05) is 16.8 Å². The molecule has 184 valence electrons. The second kappa shape index (κ2) is 9.82. The summed E-state index contributed by atoms with van der Waals surface area (Å²) in [4.78, 5) is 54.5. The van der Waals surface area contributed by atoms with Crippen molar-refractivity contribution in [3.05, 3.63) is 140 Å². The number of carbonyl (C=O) groups excluding carboxylic acids is 2. The number of para-hydroxylation sites is 1. The smallest absolute Gasteiger partial charge is 0.334 e. The lowest BCUT2D eigenvalue weighted by molar-refractivity contribution is -0.118. The van der Waals surface area contributed by atoms with Crippen molar-refractivity contribution in [1.29, 1.82) is 0 Å². The van der Waals surface area contributed by atoms with E-state index in [0.717, 1.165) is 0 Å². The van der Waals surface area contributed by atoms with Crippen LogP contribution in [-0.4, -0.2) is 21.4 Å². The van der Waals surface area contributed by atoms with Gasteiger partial charge in [-0.05, 0) is 36.8 Å². The minimum absolute atomic E-state index is 0.208. The number of rotatable bonds is 4. The molecule has 1 aliphatic heterocycles. The van der Waals surface area contributed by atoms with Crippen LogP contribution in [0, 0.1) is 0 Å². The zero-order valence-electron chi connectivity index (χ0n) is 19.8. The number of nitrogens with one attached hydrogen (secondary N) is 4. The summed E-state index contributed by atoms with van der Waals surface area (Å²) in [5, 5.41) is 3.11. The number of H-pyrrole nitrogens is 1. The largest absolute Gasteiger partial charge is 0.344 e. The molecule has 1 aromatic heterocycles. The molecule has 9 nitrogen and oxygen atoms in total. The molecule has 0 fully saturated rings. The van der Waals surface area contributed by atoms with E-state index in [1.165, 1.54) is 4.57 Å². The van der Waals surface area contributed by atoms with E-state index in [9.17, 15) is 19.2 Å². The molecule has 0 aliphatic carbocycles. The SMILES string of the molecule is CC1=C(C(=O)NNC(=O)c2ccccc2)C(c2ccccc2)c2c(n(-c3ccccc3)c(=O)[nH]c2=O)N1. The third kappa shape index (κ3) is 4.45. The standard InChI is InChI=1S/C28H23N5O4/c1-17-21(27(36)32-31-25(34)19-13-7-3-8-14-19)22(18-11-5-2-6-12-18)23-24(29-17)33(28(37)30-26(23)35)20-15-9-4-10-16-20/h2-16,22,29H,1H3,(H,31,34)(H,32,36)(H,30,35,37). The topological polar surface area (TPSA) is 125 Å². The van der Waals surface area contributed by atoms with Crippen LogP contribution in [0.5, 0.6) is 0 Å². The Labute approximate surface area is 211 Å². The van der Waals surface area contributed by atoms with Gasteiger partial charge < -0.3 is 5.32 Å². The van der Waals surface area contributed by atoms with Gasteiger partial charge in [-0.15, -0.1) is 0 Å². The minimum Gasteiger partial charge on any atom is -0.344 e. The van der Waals surface area contributed by atoms with E-state index in [0.29, 0.717) is 22.5 Å². The maximum Gasteiger partial charge on any atom is 0.334 e. The molecule has 4 N–H and O–H groups in total. The molecule has 0 saturated heterocycles. The highest BCUT2D eigenvalue weighted by Gasteiger charge is 2.36. The molecule has 0 bridgehead atoms. The molecule has 0 saturated carbocycles. The van der Waals surface area contributed by atoms with Crippen LogP contribution < -0.4 is 27.4 Å². The van der Waals surface area contributed by atoms with Crippen LogP contribution in [0.3, 0.4) is 0 Å². The highest BCUT2D eigenvalue weighted by atomic mass is 16.2. The Bertz CT molecular complexity index is 1620. The Morgan fingerprint density at radius 1 is 0.784 bits per heavy atom. The van der Waals surface area contributed by atoms with Gasteiger partial charge in [0.2, 0.25) is 0 Å². The molecule has 3 aromatic carbocycles. The van der Waals surface area contributed by atoms with Gasteiger partial charge in [0.05, 0.1) is 17.2 Å². The van der Waals surface area contributed by atoms with Crippen molar-refractivity contribution in [2.45, 2.75) is 12.8 Å². The van der Waals surface area contributed by atoms with E-state index in [4.69, 9.17) is 0 Å². The van der Waals surface area contributed by atoms with Gasteiger partial charge in [0.15, 0.2) is 0 Å². The molecule has 37 heavy (non-hydrogen) atoms. The summed E-state index contributed by atoms with van der Waals surface area (Å²) in [7, 11) is 0. The zero-order chi connectivity index (χ0) is 25.9. The van der Waals surface area contributed by atoms with Gasteiger partial charge >= 0.3 is 5.69 Å². The molecule has 0 radical (unpaired) electrons. The first-order valence-corrected chi connectivity index (χ1v) is 11.6. The van der Waals surface area contributed by atoms with Crippen molar-refractivity contribution in [1.82, 2.24) is 20.4 Å². The second-order valence-corrected chi connectivity index (χ2v) is 8.47. The lowest BCUT2D eigenvalue weighted by Crippen LogP contribution is -2.45. The molecule has 2 amide bonds. The van der Waals surface area contributed by atoms with Crippen LogP contribution in [0.2, 0.25) is 0 Å². The van der Waals surface area contributed by atoms with Crippen molar-refractivity contribution < 1.29 is 9.59 Å². The summed E-state index contributed by atoms with van der Waals surface area (Å²) >= 11 is 0. The minimum atomic E-state index is -0.814. The van der Waals surface area contributed by atoms with Crippen molar-refractivity contribution in [2.24, 2.45) is 0 Å². The Morgan fingerprint density at radius 2 is 1.35 bits per heavy atom. The number of hydrogen-bond donors (Lipinski definition) is 4. The van der Waals surface area contributed by atoms with E-state index < -0.39 is 29.0 Å². The lowest BCUT2D eigenvalue weighted by atomic mass is 9.82.